The molecule has 0 bridgehead atoms. The summed E-state index contributed by atoms with van der Waals surface area (Å²) in [7, 11) is 5.88. The molecule has 0 aliphatic rings. The molecule has 0 saturated heterocycles. The maximum atomic E-state index is 4.59. The van der Waals surface area contributed by atoms with Gasteiger partial charge in [-0.05, 0) is 17.4 Å². The minimum atomic E-state index is 0. The smallest absolute Gasteiger partial charge is 0.193 e. The van der Waals surface area contributed by atoms with Crippen molar-refractivity contribution in [3.63, 3.8) is 0 Å². The van der Waals surface area contributed by atoms with Crippen LogP contribution in [0.15, 0.2) is 41.5 Å². The molecule has 1 aromatic heterocycles. The van der Waals surface area contributed by atoms with Crippen LogP contribution < -0.4 is 5.32 Å². The molecule has 26 heavy (non-hydrogen) atoms. The van der Waals surface area contributed by atoms with Crippen LogP contribution in [0.4, 0.5) is 0 Å². The Labute approximate surface area is 174 Å². The van der Waals surface area contributed by atoms with Gasteiger partial charge >= 0.3 is 0 Å². The topological polar surface area (TPSA) is 45.5 Å². The Balaban J connectivity index is 0.00000338. The van der Waals surface area contributed by atoms with E-state index >= 15 is 0 Å². The highest BCUT2D eigenvalue weighted by atomic mass is 127. The molecular weight excluding hydrogens is 437 g/mol. The van der Waals surface area contributed by atoms with E-state index in [4.69, 9.17) is 0 Å². The normalized spacial score (nSPS) is 12.7. The van der Waals surface area contributed by atoms with Crippen molar-refractivity contribution in [2.75, 3.05) is 20.6 Å². The van der Waals surface area contributed by atoms with Gasteiger partial charge in [0.1, 0.15) is 0 Å². The molecule has 0 fully saturated rings. The maximum absolute atomic E-state index is 4.59. The quantitative estimate of drug-likeness (QED) is 0.396. The minimum absolute atomic E-state index is 0. The monoisotopic (exact) mass is 469 g/mol. The third kappa shape index (κ3) is 6.00. The molecule has 2 aromatic rings. The number of rotatable bonds is 6. The number of nitrogens with one attached hydrogen (secondary N) is 1. The first kappa shape index (κ1) is 22.5. The summed E-state index contributed by atoms with van der Waals surface area (Å²) in [6.07, 6.45) is 2.10. The second-order valence-corrected chi connectivity index (χ2v) is 6.96. The molecule has 0 aliphatic heterocycles. The van der Waals surface area contributed by atoms with Gasteiger partial charge in [0, 0.05) is 46.0 Å². The van der Waals surface area contributed by atoms with Crippen LogP contribution in [-0.4, -0.2) is 41.3 Å². The molecule has 1 unspecified atom stereocenters. The lowest BCUT2D eigenvalue weighted by Crippen LogP contribution is -2.40. The Morgan fingerprint density at radius 3 is 2.46 bits per heavy atom. The van der Waals surface area contributed by atoms with Crippen LogP contribution in [0.3, 0.4) is 0 Å². The van der Waals surface area contributed by atoms with Crippen LogP contribution in [0.2, 0.25) is 0 Å². The van der Waals surface area contributed by atoms with Gasteiger partial charge in [-0.2, -0.15) is 5.10 Å². The number of nitrogens with zero attached hydrogens (tertiary/aromatic N) is 4. The van der Waals surface area contributed by atoms with Gasteiger partial charge in [0.2, 0.25) is 0 Å². The summed E-state index contributed by atoms with van der Waals surface area (Å²) < 4.78 is 1.90. The summed E-state index contributed by atoms with van der Waals surface area (Å²) in [5.74, 6) is 1.75. The van der Waals surface area contributed by atoms with Crippen molar-refractivity contribution in [2.24, 2.45) is 12.0 Å². The van der Waals surface area contributed by atoms with Crippen molar-refractivity contribution in [3.05, 3.63) is 53.3 Å². The molecule has 1 atom stereocenters. The molecule has 0 amide bonds. The molecule has 5 nitrogen and oxygen atoms in total. The standard InChI is InChI=1S/C20H31N5.HI/c1-15(2)19-18(14-25(6)23-19)13-24(5)20(21-4)22-12-16(3)17-10-8-7-9-11-17;/h7-11,14-16H,12-13H2,1-6H3,(H,21,22);1H. The lowest BCUT2D eigenvalue weighted by molar-refractivity contribution is 0.470. The van der Waals surface area contributed by atoms with Crippen molar-refractivity contribution in [2.45, 2.75) is 39.2 Å². The summed E-state index contributed by atoms with van der Waals surface area (Å²) in [5, 5.41) is 8.08. The molecule has 144 valence electrons. The summed E-state index contributed by atoms with van der Waals surface area (Å²) in [6, 6.07) is 10.6. The van der Waals surface area contributed by atoms with Crippen LogP contribution in [-0.2, 0) is 13.6 Å². The molecule has 0 spiro atoms. The fourth-order valence-corrected chi connectivity index (χ4v) is 3.02. The van der Waals surface area contributed by atoms with Crippen LogP contribution in [0.5, 0.6) is 0 Å². The summed E-state index contributed by atoms with van der Waals surface area (Å²) >= 11 is 0. The van der Waals surface area contributed by atoms with Gasteiger partial charge in [-0.15, -0.1) is 24.0 Å². The lowest BCUT2D eigenvalue weighted by atomic mass is 10.0. The van der Waals surface area contributed by atoms with Gasteiger partial charge < -0.3 is 10.2 Å². The highest BCUT2D eigenvalue weighted by Crippen LogP contribution is 2.19. The van der Waals surface area contributed by atoms with Crippen molar-refractivity contribution in [3.8, 4) is 0 Å². The zero-order valence-corrected chi connectivity index (χ0v) is 19.1. The SMILES string of the molecule is CN=C(NCC(C)c1ccccc1)N(C)Cc1cn(C)nc1C(C)C.I. The first-order valence-corrected chi connectivity index (χ1v) is 8.91. The molecule has 0 aliphatic carbocycles. The average Bonchev–Trinajstić information content (AvgIpc) is 2.96. The Hall–Kier alpha value is -1.57. The van der Waals surface area contributed by atoms with E-state index in [1.54, 1.807) is 0 Å². The Bertz CT molecular complexity index is 693. The fraction of sp³-hybridized carbons (Fsp3) is 0.500. The summed E-state index contributed by atoms with van der Waals surface area (Å²) in [4.78, 5) is 6.59. The number of benzene rings is 1. The fourth-order valence-electron chi connectivity index (χ4n) is 3.02. The van der Waals surface area contributed by atoms with Gasteiger partial charge in [0.05, 0.1) is 5.69 Å². The summed E-state index contributed by atoms with van der Waals surface area (Å²) in [5.41, 5.74) is 3.74. The van der Waals surface area contributed by atoms with Crippen LogP contribution in [0.25, 0.3) is 0 Å². The van der Waals surface area contributed by atoms with Gasteiger partial charge in [-0.1, -0.05) is 51.1 Å². The van der Waals surface area contributed by atoms with Gasteiger partial charge in [-0.25, -0.2) is 0 Å². The Morgan fingerprint density at radius 1 is 1.23 bits per heavy atom. The number of hydrogen-bond donors (Lipinski definition) is 1. The third-order valence-corrected chi connectivity index (χ3v) is 4.40. The lowest BCUT2D eigenvalue weighted by Gasteiger charge is -2.24. The number of halogens is 1. The molecular formula is C20H32IN5. The van der Waals surface area contributed by atoms with Crippen LogP contribution in [0.1, 0.15) is 49.4 Å². The maximum Gasteiger partial charge on any atom is 0.193 e. The second kappa shape index (κ2) is 10.5. The van der Waals surface area contributed by atoms with E-state index in [1.165, 1.54) is 11.1 Å². The number of aromatic nitrogens is 2. The van der Waals surface area contributed by atoms with Crippen molar-refractivity contribution in [1.82, 2.24) is 20.0 Å². The van der Waals surface area contributed by atoms with Crippen LogP contribution >= 0.6 is 24.0 Å². The van der Waals surface area contributed by atoms with Crippen LogP contribution in [0, 0.1) is 0 Å². The van der Waals surface area contributed by atoms with E-state index in [2.05, 4.69) is 84.7 Å². The molecule has 1 heterocycles. The first-order chi connectivity index (χ1) is 11.9. The number of guanidine groups is 1. The second-order valence-electron chi connectivity index (χ2n) is 6.96. The van der Waals surface area contributed by atoms with E-state index in [0.29, 0.717) is 11.8 Å². The first-order valence-electron chi connectivity index (χ1n) is 8.91. The van der Waals surface area contributed by atoms with Gasteiger partial charge in [0.25, 0.3) is 0 Å². The molecule has 2 rings (SSSR count). The van der Waals surface area contributed by atoms with E-state index in [-0.39, 0.29) is 24.0 Å². The van der Waals surface area contributed by atoms with E-state index in [0.717, 1.165) is 24.7 Å². The molecule has 1 aromatic carbocycles. The Kier molecular flexibility index (Phi) is 9.12. The van der Waals surface area contributed by atoms with Gasteiger partial charge in [0.15, 0.2) is 5.96 Å². The zero-order valence-electron chi connectivity index (χ0n) is 16.7. The average molecular weight is 469 g/mol. The number of aliphatic imine (C=N–C) groups is 1. The predicted molar refractivity (Wildman–Crippen MR) is 120 cm³/mol. The highest BCUT2D eigenvalue weighted by molar-refractivity contribution is 14.0. The van der Waals surface area contributed by atoms with E-state index in [1.807, 2.05) is 18.8 Å². The van der Waals surface area contributed by atoms with Gasteiger partial charge in [-0.3, -0.25) is 9.67 Å². The van der Waals surface area contributed by atoms with Crippen molar-refractivity contribution >= 4 is 29.9 Å². The Morgan fingerprint density at radius 2 is 1.88 bits per heavy atom. The summed E-state index contributed by atoms with van der Waals surface area (Å²) in [6.45, 7) is 8.24. The third-order valence-electron chi connectivity index (χ3n) is 4.40. The van der Waals surface area contributed by atoms with E-state index in [9.17, 15) is 0 Å². The largest absolute Gasteiger partial charge is 0.356 e. The molecule has 1 N–H and O–H groups in total. The van der Waals surface area contributed by atoms with E-state index < -0.39 is 0 Å². The van der Waals surface area contributed by atoms with Crippen molar-refractivity contribution in [1.29, 1.82) is 0 Å². The number of aryl methyl sites for hydroxylation is 1. The van der Waals surface area contributed by atoms with Crippen molar-refractivity contribution < 1.29 is 0 Å². The molecule has 0 radical (unpaired) electrons. The molecule has 6 heteroatoms. The molecule has 0 saturated carbocycles. The predicted octanol–water partition coefficient (Wildman–Crippen LogP) is 3.97. The minimum Gasteiger partial charge on any atom is -0.356 e. The number of hydrogen-bond acceptors (Lipinski definition) is 2. The zero-order chi connectivity index (χ0) is 18.4. The highest BCUT2D eigenvalue weighted by Gasteiger charge is 2.15.